The summed E-state index contributed by atoms with van der Waals surface area (Å²) in [6.45, 7) is 0.878. The van der Waals surface area contributed by atoms with Crippen molar-refractivity contribution in [3.63, 3.8) is 0 Å². The van der Waals surface area contributed by atoms with E-state index in [-0.39, 0.29) is 17.0 Å². The van der Waals surface area contributed by atoms with Crippen LogP contribution in [0.25, 0.3) is 0 Å². The van der Waals surface area contributed by atoms with Crippen LogP contribution in [0.15, 0.2) is 42.5 Å². The minimum atomic E-state index is -0.881. The number of nitrogens with zero attached hydrogens (tertiary/aromatic N) is 3. The number of imide groups is 1. The van der Waals surface area contributed by atoms with Gasteiger partial charge in [0.25, 0.3) is 23.4 Å². The largest absolute Gasteiger partial charge is 0.339 e. The summed E-state index contributed by atoms with van der Waals surface area (Å²) < 4.78 is 0. The standard InChI is InChI=1S/C21H18N4O6/c26-17(22-14-8-6-13(7-9-14)19(27)23-10-1-2-11-23)12-24-20(28)15-4-3-5-16(25(30)31)18(15)21(24)29/h3-9H,1-2,10-12H2,(H,22,26). The maximum Gasteiger partial charge on any atom is 0.282 e. The molecule has 0 aliphatic carbocycles. The molecule has 0 atom stereocenters. The Morgan fingerprint density at radius 1 is 1.00 bits per heavy atom. The monoisotopic (exact) mass is 422 g/mol. The van der Waals surface area contributed by atoms with Crippen LogP contribution in [0.2, 0.25) is 0 Å². The molecule has 2 aliphatic rings. The Bertz CT molecular complexity index is 1110. The molecule has 10 heteroatoms. The van der Waals surface area contributed by atoms with E-state index in [0.717, 1.165) is 32.0 Å². The molecule has 0 saturated carbocycles. The highest BCUT2D eigenvalue weighted by molar-refractivity contribution is 6.24. The summed E-state index contributed by atoms with van der Waals surface area (Å²) in [7, 11) is 0. The van der Waals surface area contributed by atoms with Gasteiger partial charge in [0, 0.05) is 30.4 Å². The number of nitro benzene ring substituents is 1. The molecule has 0 spiro atoms. The first-order valence-corrected chi connectivity index (χ1v) is 9.69. The van der Waals surface area contributed by atoms with Crippen LogP contribution in [0, 0.1) is 10.1 Å². The van der Waals surface area contributed by atoms with Crippen LogP contribution in [0.4, 0.5) is 11.4 Å². The zero-order valence-electron chi connectivity index (χ0n) is 16.4. The van der Waals surface area contributed by atoms with Gasteiger partial charge in [0.05, 0.1) is 10.5 Å². The molecular weight excluding hydrogens is 404 g/mol. The topological polar surface area (TPSA) is 130 Å². The van der Waals surface area contributed by atoms with E-state index in [0.29, 0.717) is 16.2 Å². The third-order valence-corrected chi connectivity index (χ3v) is 5.28. The Morgan fingerprint density at radius 3 is 2.32 bits per heavy atom. The summed E-state index contributed by atoms with van der Waals surface area (Å²) in [4.78, 5) is 62.7. The number of hydrogen-bond acceptors (Lipinski definition) is 6. The van der Waals surface area contributed by atoms with Crippen molar-refractivity contribution in [3.05, 3.63) is 69.3 Å². The Morgan fingerprint density at radius 2 is 1.68 bits per heavy atom. The number of carbonyl (C=O) groups is 4. The van der Waals surface area contributed by atoms with Crippen molar-refractivity contribution < 1.29 is 24.1 Å². The van der Waals surface area contributed by atoms with Gasteiger partial charge in [-0.2, -0.15) is 0 Å². The lowest BCUT2D eigenvalue weighted by molar-refractivity contribution is -0.385. The van der Waals surface area contributed by atoms with E-state index in [4.69, 9.17) is 0 Å². The van der Waals surface area contributed by atoms with Crippen molar-refractivity contribution in [2.24, 2.45) is 0 Å². The predicted molar refractivity (Wildman–Crippen MR) is 109 cm³/mol. The van der Waals surface area contributed by atoms with Gasteiger partial charge in [0.2, 0.25) is 5.91 Å². The van der Waals surface area contributed by atoms with Crippen molar-refractivity contribution in [1.29, 1.82) is 0 Å². The molecule has 0 radical (unpaired) electrons. The minimum absolute atomic E-state index is 0.0667. The molecule has 2 heterocycles. The van der Waals surface area contributed by atoms with Gasteiger partial charge in [-0.1, -0.05) is 6.07 Å². The molecule has 158 valence electrons. The molecule has 1 fully saturated rings. The second-order valence-electron chi connectivity index (χ2n) is 7.28. The van der Waals surface area contributed by atoms with Gasteiger partial charge in [-0.05, 0) is 43.2 Å². The number of fused-ring (bicyclic) bond motifs is 1. The lowest BCUT2D eigenvalue weighted by Crippen LogP contribution is -2.37. The molecule has 4 amide bonds. The molecule has 0 unspecified atom stereocenters. The molecule has 0 aromatic heterocycles. The summed E-state index contributed by atoms with van der Waals surface area (Å²) in [5.41, 5.74) is 0.0157. The number of carbonyl (C=O) groups excluding carboxylic acids is 4. The van der Waals surface area contributed by atoms with Crippen LogP contribution >= 0.6 is 0 Å². The molecule has 2 aromatic rings. The SMILES string of the molecule is O=C(CN1C(=O)c2cccc([N+](=O)[O-])c2C1=O)Nc1ccc(C(=O)N2CCCC2)cc1. The number of benzene rings is 2. The van der Waals surface area contributed by atoms with Crippen LogP contribution in [-0.2, 0) is 4.79 Å². The van der Waals surface area contributed by atoms with Gasteiger partial charge in [-0.15, -0.1) is 0 Å². The van der Waals surface area contributed by atoms with E-state index < -0.39 is 34.9 Å². The molecule has 1 N–H and O–H groups in total. The lowest BCUT2D eigenvalue weighted by Gasteiger charge is -2.16. The molecule has 1 saturated heterocycles. The molecule has 10 nitrogen and oxygen atoms in total. The van der Waals surface area contributed by atoms with Gasteiger partial charge in [-0.3, -0.25) is 34.2 Å². The van der Waals surface area contributed by atoms with Gasteiger partial charge in [0.1, 0.15) is 12.1 Å². The first kappa shape index (κ1) is 20.2. The number of nitro groups is 1. The van der Waals surface area contributed by atoms with Crippen molar-refractivity contribution in [2.75, 3.05) is 25.0 Å². The van der Waals surface area contributed by atoms with E-state index in [2.05, 4.69) is 5.32 Å². The molecule has 2 aromatic carbocycles. The average molecular weight is 422 g/mol. The van der Waals surface area contributed by atoms with Crippen molar-refractivity contribution in [2.45, 2.75) is 12.8 Å². The quantitative estimate of drug-likeness (QED) is 0.446. The Hall–Kier alpha value is -4.08. The Balaban J connectivity index is 1.43. The number of rotatable bonds is 5. The van der Waals surface area contributed by atoms with Gasteiger partial charge in [-0.25, -0.2) is 0 Å². The number of likely N-dealkylation sites (tertiary alicyclic amines) is 1. The average Bonchev–Trinajstić information content (AvgIpc) is 3.37. The highest BCUT2D eigenvalue weighted by Crippen LogP contribution is 2.30. The van der Waals surface area contributed by atoms with Crippen molar-refractivity contribution in [3.8, 4) is 0 Å². The van der Waals surface area contributed by atoms with Crippen LogP contribution in [-0.4, -0.2) is 58.0 Å². The van der Waals surface area contributed by atoms with E-state index in [1.54, 1.807) is 29.2 Å². The second-order valence-corrected chi connectivity index (χ2v) is 7.28. The molecule has 0 bridgehead atoms. The third-order valence-electron chi connectivity index (χ3n) is 5.28. The summed E-state index contributed by atoms with van der Waals surface area (Å²) in [5, 5.41) is 13.7. The zero-order chi connectivity index (χ0) is 22.1. The summed E-state index contributed by atoms with van der Waals surface area (Å²) in [6.07, 6.45) is 1.97. The van der Waals surface area contributed by atoms with E-state index in [1.807, 2.05) is 0 Å². The Kier molecular flexibility index (Phi) is 5.20. The first-order chi connectivity index (χ1) is 14.9. The molecule has 2 aliphatic heterocycles. The van der Waals surface area contributed by atoms with Crippen molar-refractivity contribution >= 4 is 35.0 Å². The highest BCUT2D eigenvalue weighted by atomic mass is 16.6. The van der Waals surface area contributed by atoms with E-state index in [9.17, 15) is 29.3 Å². The maximum absolute atomic E-state index is 12.5. The van der Waals surface area contributed by atoms with Gasteiger partial charge < -0.3 is 10.2 Å². The third kappa shape index (κ3) is 3.75. The first-order valence-electron chi connectivity index (χ1n) is 9.69. The summed E-state index contributed by atoms with van der Waals surface area (Å²) in [5.74, 6) is -2.35. The maximum atomic E-state index is 12.5. The van der Waals surface area contributed by atoms with Crippen LogP contribution in [0.3, 0.4) is 0 Å². The molecular formula is C21H18N4O6. The fraction of sp³-hybridized carbons (Fsp3) is 0.238. The fourth-order valence-corrected chi connectivity index (χ4v) is 3.75. The molecule has 31 heavy (non-hydrogen) atoms. The normalized spacial score (nSPS) is 15.2. The van der Waals surface area contributed by atoms with Crippen LogP contribution in [0.1, 0.15) is 43.9 Å². The van der Waals surface area contributed by atoms with E-state index >= 15 is 0 Å². The molecule has 4 rings (SSSR count). The fourth-order valence-electron chi connectivity index (χ4n) is 3.75. The van der Waals surface area contributed by atoms with Crippen LogP contribution in [0.5, 0.6) is 0 Å². The predicted octanol–water partition coefficient (Wildman–Crippen LogP) is 2.07. The number of hydrogen-bond donors (Lipinski definition) is 1. The smallest absolute Gasteiger partial charge is 0.282 e. The number of amides is 4. The Labute approximate surface area is 176 Å². The lowest BCUT2D eigenvalue weighted by atomic mass is 10.1. The number of anilines is 1. The van der Waals surface area contributed by atoms with Crippen LogP contribution < -0.4 is 5.32 Å². The second kappa shape index (κ2) is 7.98. The zero-order valence-corrected chi connectivity index (χ0v) is 16.4. The van der Waals surface area contributed by atoms with Crippen molar-refractivity contribution in [1.82, 2.24) is 9.80 Å². The summed E-state index contributed by atoms with van der Waals surface area (Å²) >= 11 is 0. The minimum Gasteiger partial charge on any atom is -0.339 e. The summed E-state index contributed by atoms with van der Waals surface area (Å²) in [6, 6.07) is 10.1. The van der Waals surface area contributed by atoms with Gasteiger partial charge in [0.15, 0.2) is 0 Å². The van der Waals surface area contributed by atoms with Gasteiger partial charge >= 0.3 is 0 Å². The van der Waals surface area contributed by atoms with E-state index in [1.165, 1.54) is 12.1 Å². The highest BCUT2D eigenvalue weighted by Gasteiger charge is 2.41. The number of nitrogens with one attached hydrogen (secondary N) is 1.